The van der Waals surface area contributed by atoms with Crippen molar-refractivity contribution < 1.29 is 15.0 Å². The van der Waals surface area contributed by atoms with Crippen molar-refractivity contribution >= 4 is 21.9 Å². The predicted octanol–water partition coefficient (Wildman–Crippen LogP) is 1.44. The predicted molar refractivity (Wildman–Crippen MR) is 56.5 cm³/mol. The molecular formula is C10H11BrO3. The van der Waals surface area contributed by atoms with Crippen molar-refractivity contribution in [1.82, 2.24) is 0 Å². The van der Waals surface area contributed by atoms with Gasteiger partial charge in [-0.05, 0) is 12.0 Å². The van der Waals surface area contributed by atoms with Crippen molar-refractivity contribution in [3.05, 3.63) is 35.9 Å². The van der Waals surface area contributed by atoms with Crippen LogP contribution in [0.5, 0.6) is 0 Å². The fourth-order valence-corrected chi connectivity index (χ4v) is 1.71. The number of aliphatic hydroxyl groups is 1. The molecule has 1 rings (SSSR count). The quantitative estimate of drug-likeness (QED) is 0.804. The van der Waals surface area contributed by atoms with E-state index < -0.39 is 16.9 Å². The Balaban J connectivity index is 2.57. The molecular weight excluding hydrogens is 248 g/mol. The average molecular weight is 259 g/mol. The Morgan fingerprint density at radius 3 is 2.43 bits per heavy atom. The largest absolute Gasteiger partial charge is 0.479 e. The van der Waals surface area contributed by atoms with Gasteiger partial charge in [-0.3, -0.25) is 0 Å². The van der Waals surface area contributed by atoms with E-state index in [2.05, 4.69) is 15.9 Å². The van der Waals surface area contributed by atoms with Gasteiger partial charge in [-0.25, -0.2) is 4.79 Å². The van der Waals surface area contributed by atoms with E-state index >= 15 is 0 Å². The Labute approximate surface area is 90.5 Å². The SMILES string of the molecule is O=C(O)C(O)C(Br)Cc1ccccc1. The third-order valence-electron chi connectivity index (χ3n) is 1.87. The summed E-state index contributed by atoms with van der Waals surface area (Å²) in [5, 5.41) is 17.8. The van der Waals surface area contributed by atoms with E-state index in [1.54, 1.807) is 0 Å². The number of hydrogen-bond acceptors (Lipinski definition) is 2. The van der Waals surface area contributed by atoms with Crippen LogP contribution in [-0.4, -0.2) is 27.1 Å². The van der Waals surface area contributed by atoms with Gasteiger partial charge in [0, 0.05) is 0 Å². The van der Waals surface area contributed by atoms with Gasteiger partial charge >= 0.3 is 5.97 Å². The minimum Gasteiger partial charge on any atom is -0.479 e. The number of halogens is 1. The number of aliphatic carboxylic acids is 1. The van der Waals surface area contributed by atoms with Gasteiger partial charge in [0.2, 0.25) is 0 Å². The number of carboxylic acids is 1. The zero-order chi connectivity index (χ0) is 10.6. The third kappa shape index (κ3) is 3.12. The van der Waals surface area contributed by atoms with Crippen molar-refractivity contribution in [2.45, 2.75) is 17.4 Å². The molecule has 0 aliphatic heterocycles. The highest BCUT2D eigenvalue weighted by Crippen LogP contribution is 2.13. The topological polar surface area (TPSA) is 57.5 Å². The molecule has 0 saturated carbocycles. The Kier molecular flexibility index (Phi) is 4.10. The number of carbonyl (C=O) groups is 1. The van der Waals surface area contributed by atoms with Crippen LogP contribution in [0.15, 0.2) is 30.3 Å². The van der Waals surface area contributed by atoms with Crippen LogP contribution in [0.25, 0.3) is 0 Å². The van der Waals surface area contributed by atoms with Crippen LogP contribution in [-0.2, 0) is 11.2 Å². The third-order valence-corrected chi connectivity index (χ3v) is 2.69. The zero-order valence-corrected chi connectivity index (χ0v) is 9.02. The number of rotatable bonds is 4. The maximum Gasteiger partial charge on any atom is 0.333 e. The van der Waals surface area contributed by atoms with Gasteiger partial charge in [-0.15, -0.1) is 0 Å². The summed E-state index contributed by atoms with van der Waals surface area (Å²) in [5.74, 6) is -1.21. The number of hydrogen-bond donors (Lipinski definition) is 2. The Morgan fingerprint density at radius 1 is 1.36 bits per heavy atom. The lowest BCUT2D eigenvalue weighted by Crippen LogP contribution is -2.30. The average Bonchev–Trinajstić information content (AvgIpc) is 2.18. The van der Waals surface area contributed by atoms with Crippen LogP contribution < -0.4 is 0 Å². The summed E-state index contributed by atoms with van der Waals surface area (Å²) < 4.78 is 0. The van der Waals surface area contributed by atoms with Crippen LogP contribution in [0.3, 0.4) is 0 Å². The summed E-state index contributed by atoms with van der Waals surface area (Å²) in [7, 11) is 0. The molecule has 1 aromatic carbocycles. The van der Waals surface area contributed by atoms with Gasteiger partial charge < -0.3 is 10.2 Å². The highest BCUT2D eigenvalue weighted by molar-refractivity contribution is 9.09. The smallest absolute Gasteiger partial charge is 0.333 e. The normalized spacial score (nSPS) is 14.7. The zero-order valence-electron chi connectivity index (χ0n) is 7.43. The fraction of sp³-hybridized carbons (Fsp3) is 0.300. The molecule has 0 aromatic heterocycles. The summed E-state index contributed by atoms with van der Waals surface area (Å²) in [6, 6.07) is 9.43. The van der Waals surface area contributed by atoms with E-state index in [1.165, 1.54) is 0 Å². The van der Waals surface area contributed by atoms with E-state index in [0.717, 1.165) is 5.56 Å². The van der Waals surface area contributed by atoms with E-state index in [4.69, 9.17) is 5.11 Å². The van der Waals surface area contributed by atoms with E-state index in [1.807, 2.05) is 30.3 Å². The highest BCUT2D eigenvalue weighted by atomic mass is 79.9. The molecule has 76 valence electrons. The van der Waals surface area contributed by atoms with Gasteiger partial charge in [0.05, 0.1) is 4.83 Å². The first-order valence-corrected chi connectivity index (χ1v) is 5.11. The highest BCUT2D eigenvalue weighted by Gasteiger charge is 2.22. The summed E-state index contributed by atoms with van der Waals surface area (Å²) in [6.45, 7) is 0. The summed E-state index contributed by atoms with van der Waals surface area (Å²) in [5.41, 5.74) is 0.995. The molecule has 0 aliphatic rings. The first kappa shape index (κ1) is 11.2. The molecule has 1 aromatic rings. The van der Waals surface area contributed by atoms with E-state index in [9.17, 15) is 9.90 Å². The molecule has 3 nitrogen and oxygen atoms in total. The van der Waals surface area contributed by atoms with Crippen LogP contribution in [0.2, 0.25) is 0 Å². The molecule has 0 spiro atoms. The Morgan fingerprint density at radius 2 is 1.93 bits per heavy atom. The Bertz CT molecular complexity index is 299. The fourth-order valence-electron chi connectivity index (χ4n) is 1.11. The standard InChI is InChI=1S/C10H11BrO3/c11-8(9(12)10(13)14)6-7-4-2-1-3-5-7/h1-5,8-9,12H,6H2,(H,13,14). The minimum atomic E-state index is -1.37. The second kappa shape index (κ2) is 5.12. The molecule has 4 heteroatoms. The van der Waals surface area contributed by atoms with Gasteiger partial charge in [0.25, 0.3) is 0 Å². The van der Waals surface area contributed by atoms with Crippen molar-refractivity contribution in [1.29, 1.82) is 0 Å². The maximum absolute atomic E-state index is 10.5. The van der Waals surface area contributed by atoms with E-state index in [-0.39, 0.29) is 0 Å². The van der Waals surface area contributed by atoms with Gasteiger partial charge in [-0.1, -0.05) is 46.3 Å². The second-order valence-corrected chi connectivity index (χ2v) is 4.16. The first-order valence-electron chi connectivity index (χ1n) is 4.20. The van der Waals surface area contributed by atoms with Crippen molar-refractivity contribution in [2.24, 2.45) is 0 Å². The monoisotopic (exact) mass is 258 g/mol. The van der Waals surface area contributed by atoms with Gasteiger partial charge in [0.15, 0.2) is 6.10 Å². The molecule has 14 heavy (non-hydrogen) atoms. The van der Waals surface area contributed by atoms with Crippen LogP contribution in [0, 0.1) is 0 Å². The van der Waals surface area contributed by atoms with Gasteiger partial charge in [0.1, 0.15) is 0 Å². The summed E-state index contributed by atoms with van der Waals surface area (Å²) in [4.78, 5) is 9.99. The lowest BCUT2D eigenvalue weighted by molar-refractivity contribution is -0.146. The summed E-state index contributed by atoms with van der Waals surface area (Å²) in [6.07, 6.45) is -0.871. The summed E-state index contributed by atoms with van der Waals surface area (Å²) >= 11 is 3.15. The van der Waals surface area contributed by atoms with E-state index in [0.29, 0.717) is 6.42 Å². The lowest BCUT2D eigenvalue weighted by Gasteiger charge is -2.12. The van der Waals surface area contributed by atoms with Crippen LogP contribution in [0.1, 0.15) is 5.56 Å². The molecule has 2 unspecified atom stereocenters. The second-order valence-electron chi connectivity index (χ2n) is 2.99. The molecule has 0 bridgehead atoms. The van der Waals surface area contributed by atoms with Crippen LogP contribution >= 0.6 is 15.9 Å². The molecule has 0 fully saturated rings. The number of benzene rings is 1. The maximum atomic E-state index is 10.5. The first-order chi connectivity index (χ1) is 6.61. The minimum absolute atomic E-state index is 0.456. The number of aliphatic hydroxyl groups excluding tert-OH is 1. The molecule has 0 aliphatic carbocycles. The molecule has 0 heterocycles. The molecule has 2 atom stereocenters. The number of carboxylic acid groups (broad SMARTS) is 1. The van der Waals surface area contributed by atoms with Crippen molar-refractivity contribution in [3.63, 3.8) is 0 Å². The van der Waals surface area contributed by atoms with Gasteiger partial charge in [-0.2, -0.15) is 0 Å². The molecule has 0 radical (unpaired) electrons. The lowest BCUT2D eigenvalue weighted by atomic mass is 10.1. The van der Waals surface area contributed by atoms with Crippen LogP contribution in [0.4, 0.5) is 0 Å². The van der Waals surface area contributed by atoms with Crippen molar-refractivity contribution in [3.8, 4) is 0 Å². The molecule has 0 saturated heterocycles. The molecule has 0 amide bonds. The number of alkyl halides is 1. The van der Waals surface area contributed by atoms with Crippen molar-refractivity contribution in [2.75, 3.05) is 0 Å². The molecule has 2 N–H and O–H groups in total. The Hall–Kier alpha value is -0.870.